The summed E-state index contributed by atoms with van der Waals surface area (Å²) in [5.41, 5.74) is 0.957. The van der Waals surface area contributed by atoms with Crippen LogP contribution in [0.4, 0.5) is 0 Å². The van der Waals surface area contributed by atoms with E-state index in [9.17, 15) is 4.79 Å². The topological polar surface area (TPSA) is 54.0 Å². The number of halogens is 1. The SMILES string of the molecule is CNCC(NC(=O)CCc1nc2ccc(Cl)cc2s1)C1CCCC1. The first-order valence-electron chi connectivity index (χ1n) is 8.64. The lowest BCUT2D eigenvalue weighted by Crippen LogP contribution is -2.45. The standard InChI is InChI=1S/C18H24ClN3OS/c1-20-11-15(12-4-2-3-5-12)21-17(23)8-9-18-22-14-7-6-13(19)10-16(14)24-18/h6-7,10,12,15,20H,2-5,8-9,11H2,1H3,(H,21,23). The summed E-state index contributed by atoms with van der Waals surface area (Å²) < 4.78 is 1.08. The van der Waals surface area contributed by atoms with E-state index >= 15 is 0 Å². The first kappa shape index (κ1) is 17.6. The number of aromatic nitrogens is 1. The van der Waals surface area contributed by atoms with Gasteiger partial charge in [0.15, 0.2) is 0 Å². The van der Waals surface area contributed by atoms with Crippen LogP contribution in [0, 0.1) is 5.92 Å². The molecule has 130 valence electrons. The quantitative estimate of drug-likeness (QED) is 0.785. The zero-order valence-corrected chi connectivity index (χ0v) is 15.6. The number of hydrogen-bond donors (Lipinski definition) is 2. The van der Waals surface area contributed by atoms with Crippen LogP contribution in [-0.4, -0.2) is 30.5 Å². The van der Waals surface area contributed by atoms with Crippen LogP contribution in [0.2, 0.25) is 5.02 Å². The Bertz CT molecular complexity index is 697. The van der Waals surface area contributed by atoms with Gasteiger partial charge in [-0.05, 0) is 44.0 Å². The molecule has 1 unspecified atom stereocenters. The predicted octanol–water partition coefficient (Wildman–Crippen LogP) is 3.78. The third-order valence-electron chi connectivity index (χ3n) is 4.70. The van der Waals surface area contributed by atoms with Crippen LogP contribution in [0.15, 0.2) is 18.2 Å². The number of nitrogens with one attached hydrogen (secondary N) is 2. The molecule has 0 saturated heterocycles. The van der Waals surface area contributed by atoms with Crippen molar-refractivity contribution in [2.75, 3.05) is 13.6 Å². The van der Waals surface area contributed by atoms with E-state index in [0.717, 1.165) is 26.8 Å². The molecule has 1 atom stereocenters. The lowest BCUT2D eigenvalue weighted by Gasteiger charge is -2.24. The van der Waals surface area contributed by atoms with Crippen molar-refractivity contribution in [1.82, 2.24) is 15.6 Å². The minimum Gasteiger partial charge on any atom is -0.352 e. The van der Waals surface area contributed by atoms with E-state index in [0.29, 0.717) is 18.8 Å². The second-order valence-electron chi connectivity index (χ2n) is 6.50. The number of carbonyl (C=O) groups excluding carboxylic acids is 1. The van der Waals surface area contributed by atoms with Crippen LogP contribution in [-0.2, 0) is 11.2 Å². The van der Waals surface area contributed by atoms with Crippen molar-refractivity contribution in [3.05, 3.63) is 28.2 Å². The molecule has 2 aromatic rings. The molecular weight excluding hydrogens is 342 g/mol. The molecule has 1 aromatic heterocycles. The van der Waals surface area contributed by atoms with Gasteiger partial charge in [0.05, 0.1) is 15.2 Å². The average Bonchev–Trinajstić information content (AvgIpc) is 3.21. The molecule has 0 spiro atoms. The summed E-state index contributed by atoms with van der Waals surface area (Å²) in [6, 6.07) is 5.96. The largest absolute Gasteiger partial charge is 0.352 e. The summed E-state index contributed by atoms with van der Waals surface area (Å²) in [6.07, 6.45) is 6.20. The fraction of sp³-hybridized carbons (Fsp3) is 0.556. The minimum absolute atomic E-state index is 0.124. The molecule has 1 fully saturated rings. The Morgan fingerprint density at radius 2 is 2.21 bits per heavy atom. The van der Waals surface area contributed by atoms with E-state index in [1.54, 1.807) is 11.3 Å². The summed E-state index contributed by atoms with van der Waals surface area (Å²) in [6.45, 7) is 0.843. The van der Waals surface area contributed by atoms with Gasteiger partial charge in [0.25, 0.3) is 0 Å². The maximum Gasteiger partial charge on any atom is 0.220 e. The lowest BCUT2D eigenvalue weighted by molar-refractivity contribution is -0.122. The minimum atomic E-state index is 0.124. The molecule has 0 bridgehead atoms. The van der Waals surface area contributed by atoms with Gasteiger partial charge in [-0.2, -0.15) is 0 Å². The van der Waals surface area contributed by atoms with Gasteiger partial charge >= 0.3 is 0 Å². The van der Waals surface area contributed by atoms with E-state index in [1.165, 1.54) is 25.7 Å². The normalized spacial score (nSPS) is 16.6. The molecule has 1 aromatic carbocycles. The summed E-state index contributed by atoms with van der Waals surface area (Å²) in [7, 11) is 1.94. The average molecular weight is 366 g/mol. The van der Waals surface area contributed by atoms with Crippen LogP contribution in [0.5, 0.6) is 0 Å². The van der Waals surface area contributed by atoms with Gasteiger partial charge in [0.2, 0.25) is 5.91 Å². The zero-order chi connectivity index (χ0) is 16.9. The van der Waals surface area contributed by atoms with Crippen molar-refractivity contribution in [3.8, 4) is 0 Å². The van der Waals surface area contributed by atoms with Gasteiger partial charge in [-0.15, -0.1) is 11.3 Å². The number of nitrogens with zero attached hydrogens (tertiary/aromatic N) is 1. The Hall–Kier alpha value is -1.17. The van der Waals surface area contributed by atoms with Crippen molar-refractivity contribution in [1.29, 1.82) is 0 Å². The van der Waals surface area contributed by atoms with Crippen molar-refractivity contribution in [3.63, 3.8) is 0 Å². The molecule has 1 heterocycles. The molecule has 0 radical (unpaired) electrons. The van der Waals surface area contributed by atoms with Gasteiger partial charge in [0, 0.05) is 30.5 Å². The molecule has 3 rings (SSSR count). The first-order valence-corrected chi connectivity index (χ1v) is 9.84. The lowest BCUT2D eigenvalue weighted by atomic mass is 9.98. The second-order valence-corrected chi connectivity index (χ2v) is 8.05. The van der Waals surface area contributed by atoms with Crippen molar-refractivity contribution in [2.24, 2.45) is 5.92 Å². The molecule has 24 heavy (non-hydrogen) atoms. The highest BCUT2D eigenvalue weighted by Crippen LogP contribution is 2.28. The molecule has 6 heteroatoms. The Balaban J connectivity index is 1.55. The number of amides is 1. The van der Waals surface area contributed by atoms with Crippen LogP contribution in [0.3, 0.4) is 0 Å². The van der Waals surface area contributed by atoms with Crippen molar-refractivity contribution < 1.29 is 4.79 Å². The van der Waals surface area contributed by atoms with E-state index < -0.39 is 0 Å². The Labute approximate surface area is 152 Å². The van der Waals surface area contributed by atoms with Gasteiger partial charge in [0.1, 0.15) is 0 Å². The first-order chi connectivity index (χ1) is 11.7. The molecule has 4 nitrogen and oxygen atoms in total. The summed E-state index contributed by atoms with van der Waals surface area (Å²) in [5.74, 6) is 0.741. The zero-order valence-electron chi connectivity index (χ0n) is 14.0. The van der Waals surface area contributed by atoms with E-state index in [-0.39, 0.29) is 11.9 Å². The molecule has 1 amide bonds. The summed E-state index contributed by atoms with van der Waals surface area (Å²) >= 11 is 7.63. The highest BCUT2D eigenvalue weighted by atomic mass is 35.5. The molecule has 1 aliphatic rings. The summed E-state index contributed by atoms with van der Waals surface area (Å²) in [4.78, 5) is 16.9. The second kappa shape index (κ2) is 8.28. The van der Waals surface area contributed by atoms with E-state index in [4.69, 9.17) is 11.6 Å². The molecular formula is C18H24ClN3OS. The maximum atomic E-state index is 12.3. The fourth-order valence-electron chi connectivity index (χ4n) is 3.47. The monoisotopic (exact) mass is 365 g/mol. The third kappa shape index (κ3) is 4.47. The Morgan fingerprint density at radius 1 is 1.42 bits per heavy atom. The highest BCUT2D eigenvalue weighted by molar-refractivity contribution is 7.18. The fourth-order valence-corrected chi connectivity index (χ4v) is 4.71. The number of benzene rings is 1. The third-order valence-corrected chi connectivity index (χ3v) is 6.01. The number of thiazole rings is 1. The molecule has 1 saturated carbocycles. The number of hydrogen-bond acceptors (Lipinski definition) is 4. The number of fused-ring (bicyclic) bond motifs is 1. The van der Waals surface area contributed by atoms with Crippen LogP contribution >= 0.6 is 22.9 Å². The smallest absolute Gasteiger partial charge is 0.220 e. The van der Waals surface area contributed by atoms with Crippen LogP contribution in [0.1, 0.15) is 37.1 Å². The van der Waals surface area contributed by atoms with E-state index in [1.807, 2.05) is 25.2 Å². The van der Waals surface area contributed by atoms with Crippen LogP contribution in [0.25, 0.3) is 10.2 Å². The number of rotatable bonds is 7. The van der Waals surface area contributed by atoms with E-state index in [2.05, 4.69) is 15.6 Å². The number of likely N-dealkylation sites (N-methyl/N-ethyl adjacent to an activating group) is 1. The molecule has 2 N–H and O–H groups in total. The van der Waals surface area contributed by atoms with Crippen molar-refractivity contribution >= 4 is 39.1 Å². The maximum absolute atomic E-state index is 12.3. The number of carbonyl (C=O) groups is 1. The number of aryl methyl sites for hydroxylation is 1. The van der Waals surface area contributed by atoms with Gasteiger partial charge in [-0.3, -0.25) is 4.79 Å². The molecule has 0 aliphatic heterocycles. The Morgan fingerprint density at radius 3 is 2.96 bits per heavy atom. The molecule has 1 aliphatic carbocycles. The summed E-state index contributed by atoms with van der Waals surface area (Å²) in [5, 5.41) is 8.15. The Kier molecular flexibility index (Phi) is 6.09. The predicted molar refractivity (Wildman–Crippen MR) is 101 cm³/mol. The van der Waals surface area contributed by atoms with Gasteiger partial charge in [-0.1, -0.05) is 24.4 Å². The van der Waals surface area contributed by atoms with Crippen LogP contribution < -0.4 is 10.6 Å². The van der Waals surface area contributed by atoms with Crippen molar-refractivity contribution in [2.45, 2.75) is 44.6 Å². The van der Waals surface area contributed by atoms with Gasteiger partial charge in [-0.25, -0.2) is 4.98 Å². The van der Waals surface area contributed by atoms with Gasteiger partial charge < -0.3 is 10.6 Å². The highest BCUT2D eigenvalue weighted by Gasteiger charge is 2.25.